The highest BCUT2D eigenvalue weighted by molar-refractivity contribution is 5.27. The van der Waals surface area contributed by atoms with E-state index in [4.69, 9.17) is 10.5 Å². The first-order valence-corrected chi connectivity index (χ1v) is 7.03. The van der Waals surface area contributed by atoms with Gasteiger partial charge in [-0.3, -0.25) is 4.90 Å². The minimum Gasteiger partial charge on any atom is -0.372 e. The summed E-state index contributed by atoms with van der Waals surface area (Å²) in [6.45, 7) is 4.24. The molecule has 1 aromatic carbocycles. The third-order valence-electron chi connectivity index (χ3n) is 4.30. The SMILES string of the molecule is Cc1cc(C(CN)N2CC3CCC(C2)O3)ccc1F. The first kappa shape index (κ1) is 13.0. The Hall–Kier alpha value is -0.970. The van der Waals surface area contributed by atoms with Crippen molar-refractivity contribution in [1.82, 2.24) is 4.90 Å². The Morgan fingerprint density at radius 2 is 2.05 bits per heavy atom. The minimum absolute atomic E-state index is 0.151. The second-order valence-corrected chi connectivity index (χ2v) is 5.67. The number of ether oxygens (including phenoxy) is 1. The van der Waals surface area contributed by atoms with Crippen molar-refractivity contribution in [1.29, 1.82) is 0 Å². The molecule has 0 aromatic heterocycles. The van der Waals surface area contributed by atoms with Crippen molar-refractivity contribution in [2.45, 2.75) is 38.0 Å². The van der Waals surface area contributed by atoms with Gasteiger partial charge in [-0.2, -0.15) is 0 Å². The van der Waals surface area contributed by atoms with Gasteiger partial charge in [-0.05, 0) is 37.0 Å². The van der Waals surface area contributed by atoms with Crippen LogP contribution in [0.4, 0.5) is 4.39 Å². The van der Waals surface area contributed by atoms with Gasteiger partial charge >= 0.3 is 0 Å². The number of morpholine rings is 1. The largest absolute Gasteiger partial charge is 0.372 e. The molecule has 2 heterocycles. The van der Waals surface area contributed by atoms with E-state index in [1.54, 1.807) is 13.0 Å². The zero-order valence-corrected chi connectivity index (χ0v) is 11.3. The molecular weight excluding hydrogens is 243 g/mol. The van der Waals surface area contributed by atoms with E-state index in [2.05, 4.69) is 4.90 Å². The Kier molecular flexibility index (Phi) is 3.56. The standard InChI is InChI=1S/C15H21FN2O/c1-10-6-11(2-5-14(10)16)15(7-17)18-8-12-3-4-13(9-18)19-12/h2,5-6,12-13,15H,3-4,7-9,17H2,1H3. The molecule has 2 saturated heterocycles. The molecule has 0 saturated carbocycles. The Bertz CT molecular complexity index is 453. The average Bonchev–Trinajstić information content (AvgIpc) is 2.74. The van der Waals surface area contributed by atoms with Gasteiger partial charge in [-0.25, -0.2) is 4.39 Å². The van der Waals surface area contributed by atoms with Gasteiger partial charge in [0, 0.05) is 25.7 Å². The van der Waals surface area contributed by atoms with Gasteiger partial charge in [-0.15, -0.1) is 0 Å². The lowest BCUT2D eigenvalue weighted by atomic mass is 10.0. The third-order valence-corrected chi connectivity index (χ3v) is 4.30. The van der Waals surface area contributed by atoms with Crippen molar-refractivity contribution in [2.75, 3.05) is 19.6 Å². The molecule has 2 N–H and O–H groups in total. The molecule has 19 heavy (non-hydrogen) atoms. The molecule has 0 radical (unpaired) electrons. The summed E-state index contributed by atoms with van der Waals surface area (Å²) in [5.41, 5.74) is 7.76. The fourth-order valence-electron chi connectivity index (χ4n) is 3.27. The number of nitrogens with two attached hydrogens (primary N) is 1. The second-order valence-electron chi connectivity index (χ2n) is 5.67. The normalized spacial score (nSPS) is 28.6. The number of halogens is 1. The second kappa shape index (κ2) is 5.19. The lowest BCUT2D eigenvalue weighted by Gasteiger charge is -2.37. The summed E-state index contributed by atoms with van der Waals surface area (Å²) in [4.78, 5) is 2.40. The fourth-order valence-corrected chi connectivity index (χ4v) is 3.27. The van der Waals surface area contributed by atoms with E-state index >= 15 is 0 Å². The highest BCUT2D eigenvalue weighted by Gasteiger charge is 2.36. The molecule has 0 spiro atoms. The summed E-state index contributed by atoms with van der Waals surface area (Å²) >= 11 is 0. The predicted molar refractivity (Wildman–Crippen MR) is 72.4 cm³/mol. The van der Waals surface area contributed by atoms with Gasteiger partial charge in [0.25, 0.3) is 0 Å². The van der Waals surface area contributed by atoms with Crippen LogP contribution in [-0.2, 0) is 4.74 Å². The number of aryl methyl sites for hydroxylation is 1. The van der Waals surface area contributed by atoms with Crippen molar-refractivity contribution in [2.24, 2.45) is 5.73 Å². The number of benzene rings is 1. The molecule has 1 aromatic rings. The quantitative estimate of drug-likeness (QED) is 0.907. The van der Waals surface area contributed by atoms with E-state index in [1.807, 2.05) is 12.1 Å². The van der Waals surface area contributed by atoms with Gasteiger partial charge in [0.2, 0.25) is 0 Å². The summed E-state index contributed by atoms with van der Waals surface area (Å²) in [6, 6.07) is 5.50. The average molecular weight is 264 g/mol. The predicted octanol–water partition coefficient (Wildman–Crippen LogP) is 2.00. The van der Waals surface area contributed by atoms with Crippen molar-refractivity contribution < 1.29 is 9.13 Å². The lowest BCUT2D eigenvalue weighted by Crippen LogP contribution is -2.46. The number of rotatable bonds is 3. The summed E-state index contributed by atoms with van der Waals surface area (Å²) in [5.74, 6) is -0.151. The number of fused-ring (bicyclic) bond motifs is 2. The van der Waals surface area contributed by atoms with Crippen LogP contribution in [0.5, 0.6) is 0 Å². The molecule has 3 rings (SSSR count). The molecule has 2 fully saturated rings. The molecule has 3 atom stereocenters. The topological polar surface area (TPSA) is 38.5 Å². The van der Waals surface area contributed by atoms with E-state index in [9.17, 15) is 4.39 Å². The number of likely N-dealkylation sites (tertiary alicyclic amines) is 1. The maximum absolute atomic E-state index is 13.4. The van der Waals surface area contributed by atoms with Crippen LogP contribution in [0.1, 0.15) is 30.0 Å². The highest BCUT2D eigenvalue weighted by Crippen LogP contribution is 2.31. The van der Waals surface area contributed by atoms with Gasteiger partial charge < -0.3 is 10.5 Å². The molecule has 2 aliphatic heterocycles. The maximum atomic E-state index is 13.4. The van der Waals surface area contributed by atoms with Crippen LogP contribution < -0.4 is 5.73 Å². The van der Waals surface area contributed by atoms with Crippen molar-refractivity contribution in [3.63, 3.8) is 0 Å². The van der Waals surface area contributed by atoms with Crippen molar-refractivity contribution >= 4 is 0 Å². The Labute approximate surface area is 113 Å². The smallest absolute Gasteiger partial charge is 0.126 e. The number of nitrogens with zero attached hydrogens (tertiary/aromatic N) is 1. The molecule has 0 amide bonds. The molecule has 0 aliphatic carbocycles. The number of hydrogen-bond donors (Lipinski definition) is 1. The van der Waals surface area contributed by atoms with Crippen LogP contribution in [0, 0.1) is 12.7 Å². The summed E-state index contributed by atoms with van der Waals surface area (Å²) < 4.78 is 19.2. The zero-order chi connectivity index (χ0) is 13.4. The van der Waals surface area contributed by atoms with Crippen LogP contribution >= 0.6 is 0 Å². The van der Waals surface area contributed by atoms with E-state index in [0.29, 0.717) is 24.3 Å². The lowest BCUT2D eigenvalue weighted by molar-refractivity contribution is -0.0521. The zero-order valence-electron chi connectivity index (χ0n) is 11.3. The Morgan fingerprint density at radius 1 is 1.37 bits per heavy atom. The molecule has 2 aliphatic rings. The summed E-state index contributed by atoms with van der Waals surface area (Å²) in [5, 5.41) is 0. The Morgan fingerprint density at radius 3 is 2.63 bits per heavy atom. The molecule has 3 unspecified atom stereocenters. The monoisotopic (exact) mass is 264 g/mol. The van der Waals surface area contributed by atoms with Crippen LogP contribution in [0.2, 0.25) is 0 Å². The van der Waals surface area contributed by atoms with Gasteiger partial charge in [0.15, 0.2) is 0 Å². The van der Waals surface area contributed by atoms with Gasteiger partial charge in [-0.1, -0.05) is 12.1 Å². The maximum Gasteiger partial charge on any atom is 0.126 e. The fraction of sp³-hybridized carbons (Fsp3) is 0.600. The third kappa shape index (κ3) is 2.53. The summed E-state index contributed by atoms with van der Waals surface area (Å²) in [6.07, 6.45) is 3.02. The molecule has 104 valence electrons. The van der Waals surface area contributed by atoms with Crippen LogP contribution in [0.3, 0.4) is 0 Å². The van der Waals surface area contributed by atoms with Crippen LogP contribution in [-0.4, -0.2) is 36.7 Å². The first-order chi connectivity index (χ1) is 9.17. The van der Waals surface area contributed by atoms with E-state index in [-0.39, 0.29) is 11.9 Å². The van der Waals surface area contributed by atoms with Gasteiger partial charge in [0.05, 0.1) is 12.2 Å². The van der Waals surface area contributed by atoms with E-state index in [1.165, 1.54) is 0 Å². The molecule has 2 bridgehead atoms. The van der Waals surface area contributed by atoms with E-state index in [0.717, 1.165) is 31.5 Å². The molecule has 3 nitrogen and oxygen atoms in total. The highest BCUT2D eigenvalue weighted by atomic mass is 19.1. The summed E-state index contributed by atoms with van der Waals surface area (Å²) in [7, 11) is 0. The van der Waals surface area contributed by atoms with Crippen molar-refractivity contribution in [3.05, 3.63) is 35.1 Å². The Balaban J connectivity index is 1.81. The van der Waals surface area contributed by atoms with Crippen LogP contribution in [0.15, 0.2) is 18.2 Å². The van der Waals surface area contributed by atoms with Gasteiger partial charge in [0.1, 0.15) is 5.82 Å². The van der Waals surface area contributed by atoms with Crippen molar-refractivity contribution in [3.8, 4) is 0 Å². The minimum atomic E-state index is -0.151. The molecule has 4 heteroatoms. The number of hydrogen-bond acceptors (Lipinski definition) is 3. The first-order valence-electron chi connectivity index (χ1n) is 7.03. The molecular formula is C15H21FN2O. The van der Waals surface area contributed by atoms with E-state index < -0.39 is 0 Å². The van der Waals surface area contributed by atoms with Crippen LogP contribution in [0.25, 0.3) is 0 Å².